The molecule has 1 aromatic carbocycles. The number of hydrogen-bond acceptors (Lipinski definition) is 7. The third-order valence-corrected chi connectivity index (χ3v) is 6.23. The highest BCUT2D eigenvalue weighted by Gasteiger charge is 2.23. The molecule has 0 saturated heterocycles. The monoisotopic (exact) mass is 475 g/mol. The fraction of sp³-hybridized carbons (Fsp3) is 0.240. The van der Waals surface area contributed by atoms with Crippen LogP contribution in [0, 0.1) is 27.7 Å². The average molecular weight is 476 g/mol. The van der Waals surface area contributed by atoms with Gasteiger partial charge in [-0.05, 0) is 51.0 Å². The zero-order chi connectivity index (χ0) is 24.4. The number of thiazole rings is 1. The fourth-order valence-electron chi connectivity index (χ4n) is 3.92. The van der Waals surface area contributed by atoms with Crippen LogP contribution >= 0.6 is 11.3 Å². The first-order valence-corrected chi connectivity index (χ1v) is 11.6. The third-order valence-electron chi connectivity index (χ3n) is 5.35. The van der Waals surface area contributed by atoms with Gasteiger partial charge in [0.2, 0.25) is 5.91 Å². The van der Waals surface area contributed by atoms with Crippen LogP contribution in [0.5, 0.6) is 0 Å². The number of benzene rings is 1. The number of carbonyl (C=O) groups excluding carboxylic acids is 2. The van der Waals surface area contributed by atoms with Crippen molar-refractivity contribution in [3.05, 3.63) is 81.7 Å². The Morgan fingerprint density at radius 1 is 1.12 bits per heavy atom. The van der Waals surface area contributed by atoms with Crippen molar-refractivity contribution in [3.8, 4) is 5.82 Å². The molecule has 34 heavy (non-hydrogen) atoms. The van der Waals surface area contributed by atoms with E-state index >= 15 is 0 Å². The molecule has 1 amide bonds. The predicted octanol–water partition coefficient (Wildman–Crippen LogP) is 5.00. The van der Waals surface area contributed by atoms with Gasteiger partial charge in [0.15, 0.2) is 10.9 Å². The van der Waals surface area contributed by atoms with Crippen LogP contribution in [-0.2, 0) is 16.1 Å². The second-order valence-electron chi connectivity index (χ2n) is 8.04. The minimum absolute atomic E-state index is 0.0128. The summed E-state index contributed by atoms with van der Waals surface area (Å²) in [6.07, 6.45) is 3.14. The number of carbonyl (C=O) groups is 2. The molecule has 8 nitrogen and oxygen atoms in total. The van der Waals surface area contributed by atoms with Crippen molar-refractivity contribution < 1.29 is 14.3 Å². The topological polar surface area (TPSA) is 90.2 Å². The van der Waals surface area contributed by atoms with E-state index in [4.69, 9.17) is 4.74 Å². The van der Waals surface area contributed by atoms with Crippen molar-refractivity contribution in [3.63, 3.8) is 0 Å². The molecule has 0 atom stereocenters. The summed E-state index contributed by atoms with van der Waals surface area (Å²) in [7, 11) is 0. The molecule has 0 aliphatic carbocycles. The van der Waals surface area contributed by atoms with Gasteiger partial charge < -0.3 is 4.74 Å². The van der Waals surface area contributed by atoms with Crippen LogP contribution in [0.25, 0.3) is 5.82 Å². The molecule has 4 rings (SSSR count). The van der Waals surface area contributed by atoms with Crippen molar-refractivity contribution in [2.24, 2.45) is 0 Å². The molecule has 0 saturated carbocycles. The highest BCUT2D eigenvalue weighted by atomic mass is 32.1. The lowest BCUT2D eigenvalue weighted by Gasteiger charge is -2.23. The van der Waals surface area contributed by atoms with Crippen molar-refractivity contribution >= 4 is 34.0 Å². The smallest absolute Gasteiger partial charge is 0.342 e. The number of ether oxygens (including phenoxy) is 1. The van der Waals surface area contributed by atoms with E-state index in [0.29, 0.717) is 27.9 Å². The Morgan fingerprint density at radius 3 is 2.50 bits per heavy atom. The SMILES string of the molecule is CC(=O)N(c1nc(COC(=O)c2cnn(-c3ccccn3)c2C)cs1)c1c(C)cc(C)cc1C. The number of hydrogen-bond donors (Lipinski definition) is 0. The summed E-state index contributed by atoms with van der Waals surface area (Å²) in [5.41, 5.74) is 5.52. The predicted molar refractivity (Wildman–Crippen MR) is 131 cm³/mol. The Hall–Kier alpha value is -3.85. The zero-order valence-corrected chi connectivity index (χ0v) is 20.5. The molecule has 0 unspecified atom stereocenters. The van der Waals surface area contributed by atoms with Crippen LogP contribution < -0.4 is 4.90 Å². The molecule has 3 heterocycles. The molecule has 174 valence electrons. The lowest BCUT2D eigenvalue weighted by molar-refractivity contribution is -0.115. The Balaban J connectivity index is 1.51. The Morgan fingerprint density at radius 2 is 1.85 bits per heavy atom. The number of anilines is 2. The molecule has 0 aliphatic rings. The summed E-state index contributed by atoms with van der Waals surface area (Å²) in [6, 6.07) is 9.56. The van der Waals surface area contributed by atoms with Gasteiger partial charge in [0.05, 0.1) is 23.3 Å². The molecule has 0 spiro atoms. The maximum Gasteiger partial charge on any atom is 0.342 e. The minimum Gasteiger partial charge on any atom is -0.455 e. The van der Waals surface area contributed by atoms with Crippen LogP contribution in [0.4, 0.5) is 10.8 Å². The minimum atomic E-state index is -0.497. The standard InChI is InChI=1S/C25H25N5O3S/c1-15-10-16(2)23(17(3)11-15)29(19(5)31)25-28-20(14-34-25)13-33-24(32)21-12-27-30(18(21)4)22-8-6-7-9-26-22/h6-12,14H,13H2,1-5H3. The summed E-state index contributed by atoms with van der Waals surface area (Å²) in [5.74, 6) is -0.0115. The van der Waals surface area contributed by atoms with E-state index < -0.39 is 5.97 Å². The van der Waals surface area contributed by atoms with Crippen molar-refractivity contribution in [2.45, 2.75) is 41.2 Å². The molecule has 0 aliphatic heterocycles. The second kappa shape index (κ2) is 9.56. The van der Waals surface area contributed by atoms with Crippen molar-refractivity contribution in [1.29, 1.82) is 0 Å². The second-order valence-corrected chi connectivity index (χ2v) is 8.88. The summed E-state index contributed by atoms with van der Waals surface area (Å²) >= 11 is 1.33. The van der Waals surface area contributed by atoms with Gasteiger partial charge in [-0.2, -0.15) is 5.10 Å². The highest BCUT2D eigenvalue weighted by molar-refractivity contribution is 7.14. The number of amides is 1. The highest BCUT2D eigenvalue weighted by Crippen LogP contribution is 2.34. The van der Waals surface area contributed by atoms with Crippen molar-refractivity contribution in [1.82, 2.24) is 19.7 Å². The number of esters is 1. The lowest BCUT2D eigenvalue weighted by Crippen LogP contribution is -2.24. The maximum atomic E-state index is 12.7. The molecular formula is C25H25N5O3S. The van der Waals surface area contributed by atoms with Crippen molar-refractivity contribution in [2.75, 3.05) is 4.90 Å². The summed E-state index contributed by atoms with van der Waals surface area (Å²) in [6.45, 7) is 9.28. The molecule has 9 heteroatoms. The largest absolute Gasteiger partial charge is 0.455 e. The molecule has 0 fully saturated rings. The van der Waals surface area contributed by atoms with E-state index in [1.165, 1.54) is 24.5 Å². The van der Waals surface area contributed by atoms with Gasteiger partial charge in [-0.15, -0.1) is 11.3 Å². The number of rotatable bonds is 6. The van der Waals surface area contributed by atoms with Gasteiger partial charge in [0, 0.05) is 18.5 Å². The van der Waals surface area contributed by atoms with Crippen LogP contribution in [0.2, 0.25) is 0 Å². The van der Waals surface area contributed by atoms with E-state index in [1.54, 1.807) is 28.1 Å². The first-order valence-electron chi connectivity index (χ1n) is 10.7. The Kier molecular flexibility index (Phi) is 6.56. The quantitative estimate of drug-likeness (QED) is 0.365. The molecule has 0 bridgehead atoms. The molecule has 3 aromatic heterocycles. The molecular weight excluding hydrogens is 450 g/mol. The van der Waals surface area contributed by atoms with E-state index in [0.717, 1.165) is 22.4 Å². The molecule has 0 N–H and O–H groups in total. The van der Waals surface area contributed by atoms with E-state index in [-0.39, 0.29) is 12.5 Å². The van der Waals surface area contributed by atoms with Gasteiger partial charge in [0.1, 0.15) is 12.2 Å². The van der Waals surface area contributed by atoms with E-state index in [2.05, 4.69) is 15.1 Å². The van der Waals surface area contributed by atoms with Crippen LogP contribution in [-0.4, -0.2) is 31.6 Å². The third kappa shape index (κ3) is 4.60. The van der Waals surface area contributed by atoms with Gasteiger partial charge in [-0.25, -0.2) is 19.4 Å². The van der Waals surface area contributed by atoms with Gasteiger partial charge in [0.25, 0.3) is 0 Å². The number of nitrogens with zero attached hydrogens (tertiary/aromatic N) is 5. The Labute approximate surface area is 201 Å². The van der Waals surface area contributed by atoms with Crippen LogP contribution in [0.15, 0.2) is 48.1 Å². The maximum absolute atomic E-state index is 12.7. The zero-order valence-electron chi connectivity index (χ0n) is 19.7. The van der Waals surface area contributed by atoms with Gasteiger partial charge >= 0.3 is 5.97 Å². The van der Waals surface area contributed by atoms with Gasteiger partial charge in [-0.1, -0.05) is 23.8 Å². The number of pyridine rings is 1. The van der Waals surface area contributed by atoms with Gasteiger partial charge in [-0.3, -0.25) is 9.69 Å². The molecule has 4 aromatic rings. The number of aryl methyl sites for hydroxylation is 3. The van der Waals surface area contributed by atoms with Crippen LogP contribution in [0.1, 0.15) is 45.4 Å². The first kappa shape index (κ1) is 23.3. The summed E-state index contributed by atoms with van der Waals surface area (Å²) in [4.78, 5) is 35.7. The lowest BCUT2D eigenvalue weighted by atomic mass is 10.0. The summed E-state index contributed by atoms with van der Waals surface area (Å²) < 4.78 is 7.09. The normalized spacial score (nSPS) is 10.9. The first-order chi connectivity index (χ1) is 16.3. The Bertz CT molecular complexity index is 1340. The molecule has 0 radical (unpaired) electrons. The fourth-order valence-corrected chi connectivity index (χ4v) is 4.77. The van der Waals surface area contributed by atoms with Crippen LogP contribution in [0.3, 0.4) is 0 Å². The summed E-state index contributed by atoms with van der Waals surface area (Å²) in [5, 5.41) is 6.59. The van der Waals surface area contributed by atoms with E-state index in [9.17, 15) is 9.59 Å². The van der Waals surface area contributed by atoms with E-state index in [1.807, 2.05) is 51.1 Å². The average Bonchev–Trinajstić information content (AvgIpc) is 3.41. The number of aromatic nitrogens is 4.